The minimum Gasteiger partial charge on any atom is -0.492 e. The fourth-order valence-corrected chi connectivity index (χ4v) is 2.74. The molecule has 0 saturated heterocycles. The third-order valence-corrected chi connectivity index (χ3v) is 3.87. The monoisotopic (exact) mass is 323 g/mol. The molecule has 2 aromatic rings. The molecule has 0 aliphatic carbocycles. The molecule has 0 spiro atoms. The highest BCUT2D eigenvalue weighted by Crippen LogP contribution is 2.37. The lowest BCUT2D eigenvalue weighted by atomic mass is 10.1. The van der Waals surface area contributed by atoms with Gasteiger partial charge < -0.3 is 14.8 Å². The molecule has 1 aliphatic rings. The maximum Gasteiger partial charge on any atom is 0.142 e. The van der Waals surface area contributed by atoms with Gasteiger partial charge >= 0.3 is 0 Å². The molecule has 0 fully saturated rings. The van der Waals surface area contributed by atoms with Gasteiger partial charge in [0, 0.05) is 5.02 Å². The summed E-state index contributed by atoms with van der Waals surface area (Å²) < 4.78 is 11.2. The standard InChI is InChI=1S/C16H15Cl2NO2/c1-2-20-15-5-3-10(7-12(15)18)14-9-21-16-6-4-11(17)8-13(16)19-14/h3-8,14,19H,2,9H2,1H3/t14-/m1/s1. The first-order valence-electron chi connectivity index (χ1n) is 6.78. The van der Waals surface area contributed by atoms with Crippen LogP contribution in [-0.4, -0.2) is 13.2 Å². The average molecular weight is 324 g/mol. The zero-order valence-electron chi connectivity index (χ0n) is 11.5. The zero-order chi connectivity index (χ0) is 14.8. The van der Waals surface area contributed by atoms with Crippen molar-refractivity contribution < 1.29 is 9.47 Å². The fourth-order valence-electron chi connectivity index (χ4n) is 2.33. The minimum absolute atomic E-state index is 0.0316. The molecule has 0 aromatic heterocycles. The Balaban J connectivity index is 1.84. The van der Waals surface area contributed by atoms with E-state index in [0.29, 0.717) is 29.0 Å². The van der Waals surface area contributed by atoms with Gasteiger partial charge in [0.05, 0.1) is 23.4 Å². The topological polar surface area (TPSA) is 30.5 Å². The van der Waals surface area contributed by atoms with E-state index >= 15 is 0 Å². The quantitative estimate of drug-likeness (QED) is 0.868. The van der Waals surface area contributed by atoms with E-state index in [1.165, 1.54) is 0 Å². The fraction of sp³-hybridized carbons (Fsp3) is 0.250. The molecule has 0 unspecified atom stereocenters. The Bertz CT molecular complexity index is 661. The van der Waals surface area contributed by atoms with Crippen LogP contribution in [0.2, 0.25) is 10.0 Å². The van der Waals surface area contributed by atoms with Crippen molar-refractivity contribution in [1.29, 1.82) is 0 Å². The van der Waals surface area contributed by atoms with E-state index in [-0.39, 0.29) is 6.04 Å². The first-order valence-corrected chi connectivity index (χ1v) is 7.54. The number of fused-ring (bicyclic) bond motifs is 1. The molecule has 2 aromatic carbocycles. The summed E-state index contributed by atoms with van der Waals surface area (Å²) in [6.45, 7) is 3.07. The summed E-state index contributed by atoms with van der Waals surface area (Å²) in [4.78, 5) is 0. The Morgan fingerprint density at radius 2 is 2.10 bits per heavy atom. The molecule has 0 bridgehead atoms. The highest BCUT2D eigenvalue weighted by molar-refractivity contribution is 6.32. The van der Waals surface area contributed by atoms with Crippen LogP contribution in [0.1, 0.15) is 18.5 Å². The van der Waals surface area contributed by atoms with E-state index in [4.69, 9.17) is 32.7 Å². The van der Waals surface area contributed by atoms with Crippen molar-refractivity contribution in [3.05, 3.63) is 52.0 Å². The zero-order valence-corrected chi connectivity index (χ0v) is 13.0. The van der Waals surface area contributed by atoms with Crippen molar-refractivity contribution in [1.82, 2.24) is 0 Å². The van der Waals surface area contributed by atoms with Crippen molar-refractivity contribution in [2.45, 2.75) is 13.0 Å². The van der Waals surface area contributed by atoms with Gasteiger partial charge in [0.15, 0.2) is 0 Å². The molecule has 3 nitrogen and oxygen atoms in total. The van der Waals surface area contributed by atoms with E-state index in [0.717, 1.165) is 17.0 Å². The third kappa shape index (κ3) is 3.04. The van der Waals surface area contributed by atoms with Crippen LogP contribution >= 0.6 is 23.2 Å². The van der Waals surface area contributed by atoms with Gasteiger partial charge in [-0.2, -0.15) is 0 Å². The molecule has 1 heterocycles. The molecule has 110 valence electrons. The molecule has 0 radical (unpaired) electrons. The van der Waals surface area contributed by atoms with Crippen LogP contribution in [0, 0.1) is 0 Å². The molecule has 0 amide bonds. The minimum atomic E-state index is 0.0316. The molecule has 1 aliphatic heterocycles. The second-order valence-corrected chi connectivity index (χ2v) is 5.61. The van der Waals surface area contributed by atoms with Gasteiger partial charge in [-0.3, -0.25) is 0 Å². The first kappa shape index (κ1) is 14.4. The van der Waals surface area contributed by atoms with E-state index < -0.39 is 0 Å². The van der Waals surface area contributed by atoms with Gasteiger partial charge in [0.1, 0.15) is 18.1 Å². The number of anilines is 1. The molecule has 0 saturated carbocycles. The van der Waals surface area contributed by atoms with Crippen molar-refractivity contribution in [3.63, 3.8) is 0 Å². The summed E-state index contributed by atoms with van der Waals surface area (Å²) >= 11 is 12.3. The summed E-state index contributed by atoms with van der Waals surface area (Å²) in [5, 5.41) is 4.70. The molecule has 5 heteroatoms. The summed E-state index contributed by atoms with van der Waals surface area (Å²) in [5.74, 6) is 1.51. The Kier molecular flexibility index (Phi) is 4.13. The maximum atomic E-state index is 6.24. The van der Waals surface area contributed by atoms with Gasteiger partial charge in [-0.15, -0.1) is 0 Å². The summed E-state index contributed by atoms with van der Waals surface area (Å²) in [5.41, 5.74) is 1.94. The lowest BCUT2D eigenvalue weighted by molar-refractivity contribution is 0.286. The lowest BCUT2D eigenvalue weighted by Crippen LogP contribution is -2.23. The predicted molar refractivity (Wildman–Crippen MR) is 85.9 cm³/mol. The van der Waals surface area contributed by atoms with Crippen LogP contribution in [0.25, 0.3) is 0 Å². The SMILES string of the molecule is CCOc1ccc([C@H]2COc3ccc(Cl)cc3N2)cc1Cl. The van der Waals surface area contributed by atoms with Gasteiger partial charge in [-0.1, -0.05) is 29.3 Å². The normalized spacial score (nSPS) is 16.6. The molecule has 21 heavy (non-hydrogen) atoms. The number of ether oxygens (including phenoxy) is 2. The van der Waals surface area contributed by atoms with Crippen LogP contribution in [0.4, 0.5) is 5.69 Å². The van der Waals surface area contributed by atoms with Crippen molar-refractivity contribution >= 4 is 28.9 Å². The van der Waals surface area contributed by atoms with Crippen LogP contribution in [0.15, 0.2) is 36.4 Å². The van der Waals surface area contributed by atoms with Gasteiger partial charge in [0.25, 0.3) is 0 Å². The second-order valence-electron chi connectivity index (χ2n) is 4.77. The highest BCUT2D eigenvalue weighted by Gasteiger charge is 2.21. The first-order chi connectivity index (χ1) is 10.2. The third-order valence-electron chi connectivity index (χ3n) is 3.33. The van der Waals surface area contributed by atoms with Crippen LogP contribution in [-0.2, 0) is 0 Å². The smallest absolute Gasteiger partial charge is 0.142 e. The number of rotatable bonds is 3. The summed E-state index contributed by atoms with van der Waals surface area (Å²) in [7, 11) is 0. The van der Waals surface area contributed by atoms with E-state index in [1.54, 1.807) is 0 Å². The summed E-state index contributed by atoms with van der Waals surface area (Å²) in [6.07, 6.45) is 0. The van der Waals surface area contributed by atoms with E-state index in [9.17, 15) is 0 Å². The molecule has 1 atom stereocenters. The van der Waals surface area contributed by atoms with Gasteiger partial charge in [-0.25, -0.2) is 0 Å². The lowest BCUT2D eigenvalue weighted by Gasteiger charge is -2.28. The highest BCUT2D eigenvalue weighted by atomic mass is 35.5. The Labute approximate surface area is 133 Å². The maximum absolute atomic E-state index is 6.24. The Hall–Kier alpha value is -1.58. The van der Waals surface area contributed by atoms with Gasteiger partial charge in [0.2, 0.25) is 0 Å². The van der Waals surface area contributed by atoms with Crippen molar-refractivity contribution in [2.24, 2.45) is 0 Å². The van der Waals surface area contributed by atoms with Gasteiger partial charge in [-0.05, 0) is 42.8 Å². The second kappa shape index (κ2) is 6.04. The number of nitrogens with one attached hydrogen (secondary N) is 1. The van der Waals surface area contributed by atoms with E-state index in [2.05, 4.69) is 5.32 Å². The molecule has 1 N–H and O–H groups in total. The Morgan fingerprint density at radius 1 is 1.24 bits per heavy atom. The molecular weight excluding hydrogens is 309 g/mol. The largest absolute Gasteiger partial charge is 0.492 e. The number of hydrogen-bond donors (Lipinski definition) is 1. The number of hydrogen-bond acceptors (Lipinski definition) is 3. The van der Waals surface area contributed by atoms with E-state index in [1.807, 2.05) is 43.3 Å². The number of halogens is 2. The molecular formula is C16H15Cl2NO2. The van der Waals surface area contributed by atoms with Crippen LogP contribution in [0.3, 0.4) is 0 Å². The van der Waals surface area contributed by atoms with Crippen LogP contribution in [0.5, 0.6) is 11.5 Å². The molecule has 3 rings (SSSR count). The average Bonchev–Trinajstić information content (AvgIpc) is 2.48. The van der Waals surface area contributed by atoms with Crippen LogP contribution < -0.4 is 14.8 Å². The Morgan fingerprint density at radius 3 is 2.86 bits per heavy atom. The number of benzene rings is 2. The van der Waals surface area contributed by atoms with Crippen molar-refractivity contribution in [3.8, 4) is 11.5 Å². The summed E-state index contributed by atoms with van der Waals surface area (Å²) in [6, 6.07) is 11.4. The predicted octanol–water partition coefficient (Wildman–Crippen LogP) is 4.94. The van der Waals surface area contributed by atoms with Crippen molar-refractivity contribution in [2.75, 3.05) is 18.5 Å².